The van der Waals surface area contributed by atoms with Crippen LogP contribution in [0.3, 0.4) is 0 Å². The maximum absolute atomic E-state index is 12.4. The van der Waals surface area contributed by atoms with Crippen LogP contribution in [0.25, 0.3) is 0 Å². The van der Waals surface area contributed by atoms with E-state index in [9.17, 15) is 18.0 Å². The van der Waals surface area contributed by atoms with Gasteiger partial charge in [0, 0.05) is 32.4 Å². The minimum atomic E-state index is -4.37. The summed E-state index contributed by atoms with van der Waals surface area (Å²) in [6.07, 6.45) is -2.29. The van der Waals surface area contributed by atoms with E-state index in [1.807, 2.05) is 4.90 Å². The average molecular weight is 285 g/mol. The Morgan fingerprint density at radius 2 is 1.90 bits per heavy atom. The zero-order chi connectivity index (χ0) is 14.8. The van der Waals surface area contributed by atoms with E-state index in [1.165, 1.54) is 12.1 Å². The van der Waals surface area contributed by atoms with Crippen LogP contribution in [-0.4, -0.2) is 42.0 Å². The number of halogens is 3. The molecule has 0 bridgehead atoms. The first-order chi connectivity index (χ1) is 9.41. The molecule has 0 saturated carbocycles. The van der Waals surface area contributed by atoms with Crippen molar-refractivity contribution in [1.29, 1.82) is 0 Å². The molecule has 0 spiro atoms. The van der Waals surface area contributed by atoms with E-state index in [1.54, 1.807) is 4.90 Å². The third kappa shape index (κ3) is 3.09. The van der Waals surface area contributed by atoms with Gasteiger partial charge in [-0.15, -0.1) is 0 Å². The van der Waals surface area contributed by atoms with Gasteiger partial charge in [-0.1, -0.05) is 6.58 Å². The van der Waals surface area contributed by atoms with E-state index >= 15 is 0 Å². The molecule has 2 rings (SSSR count). The van der Waals surface area contributed by atoms with Crippen LogP contribution >= 0.6 is 0 Å². The van der Waals surface area contributed by atoms with Gasteiger partial charge in [0.1, 0.15) is 5.82 Å². The third-order valence-corrected chi connectivity index (χ3v) is 3.17. The quantitative estimate of drug-likeness (QED) is 0.779. The van der Waals surface area contributed by atoms with E-state index in [2.05, 4.69) is 11.6 Å². The Morgan fingerprint density at radius 1 is 1.25 bits per heavy atom. The maximum atomic E-state index is 12.4. The number of carbonyl (C=O) groups is 1. The molecule has 0 atom stereocenters. The smallest absolute Gasteiger partial charge is 0.353 e. The van der Waals surface area contributed by atoms with Crippen molar-refractivity contribution in [3.05, 3.63) is 36.5 Å². The monoisotopic (exact) mass is 285 g/mol. The summed E-state index contributed by atoms with van der Waals surface area (Å²) in [5.74, 6) is 0.355. The zero-order valence-corrected chi connectivity index (χ0v) is 10.7. The summed E-state index contributed by atoms with van der Waals surface area (Å²) in [5.41, 5.74) is -0.762. The lowest BCUT2D eigenvalue weighted by molar-refractivity contribution is -0.137. The maximum Gasteiger partial charge on any atom is 0.417 e. The Labute approximate surface area is 114 Å². The van der Waals surface area contributed by atoms with E-state index in [0.29, 0.717) is 32.0 Å². The molecule has 4 nitrogen and oxygen atoms in total. The fourth-order valence-electron chi connectivity index (χ4n) is 2.03. The summed E-state index contributed by atoms with van der Waals surface area (Å²) in [6.45, 7) is 5.52. The molecule has 1 fully saturated rings. The van der Waals surface area contributed by atoms with Gasteiger partial charge in [0.25, 0.3) is 0 Å². The third-order valence-electron chi connectivity index (χ3n) is 3.17. The molecule has 1 saturated heterocycles. The number of aromatic nitrogens is 1. The lowest BCUT2D eigenvalue weighted by Crippen LogP contribution is -2.48. The van der Waals surface area contributed by atoms with Gasteiger partial charge in [0.15, 0.2) is 0 Å². The minimum Gasteiger partial charge on any atom is -0.353 e. The van der Waals surface area contributed by atoms with E-state index in [-0.39, 0.29) is 5.91 Å². The molecule has 2 heterocycles. The highest BCUT2D eigenvalue weighted by Crippen LogP contribution is 2.29. The first-order valence-electron chi connectivity index (χ1n) is 6.11. The topological polar surface area (TPSA) is 36.4 Å². The first kappa shape index (κ1) is 14.4. The number of carbonyl (C=O) groups excluding carboxylic acids is 1. The van der Waals surface area contributed by atoms with Crippen LogP contribution in [0.1, 0.15) is 5.56 Å². The van der Waals surface area contributed by atoms with Crippen molar-refractivity contribution in [3.63, 3.8) is 0 Å². The molecule has 0 unspecified atom stereocenters. The van der Waals surface area contributed by atoms with Crippen LogP contribution in [0.15, 0.2) is 31.0 Å². The van der Waals surface area contributed by atoms with Crippen LogP contribution in [0.2, 0.25) is 0 Å². The summed E-state index contributed by atoms with van der Waals surface area (Å²) in [7, 11) is 0. The van der Waals surface area contributed by atoms with Gasteiger partial charge >= 0.3 is 6.18 Å². The standard InChI is InChI=1S/C13H14F3N3O/c1-2-12(20)19-7-5-18(6-8-19)11-4-3-10(9-17-11)13(14,15)16/h2-4,9H,1,5-8H2. The Morgan fingerprint density at radius 3 is 2.35 bits per heavy atom. The number of piperazine rings is 1. The molecular weight excluding hydrogens is 271 g/mol. The van der Waals surface area contributed by atoms with Gasteiger partial charge in [-0.25, -0.2) is 4.98 Å². The summed E-state index contributed by atoms with van der Waals surface area (Å²) in [6, 6.07) is 2.37. The van der Waals surface area contributed by atoms with Crippen LogP contribution in [-0.2, 0) is 11.0 Å². The second kappa shape index (κ2) is 5.52. The number of hydrogen-bond donors (Lipinski definition) is 0. The predicted octanol–water partition coefficient (Wildman–Crippen LogP) is 1.94. The number of hydrogen-bond acceptors (Lipinski definition) is 3. The zero-order valence-electron chi connectivity index (χ0n) is 10.7. The fourth-order valence-corrected chi connectivity index (χ4v) is 2.03. The molecule has 1 aromatic rings. The van der Waals surface area contributed by atoms with Gasteiger partial charge in [-0.2, -0.15) is 13.2 Å². The van der Waals surface area contributed by atoms with Crippen molar-refractivity contribution in [2.45, 2.75) is 6.18 Å². The number of rotatable bonds is 2. The highest BCUT2D eigenvalue weighted by Gasteiger charge is 2.31. The molecule has 1 aliphatic rings. The number of alkyl halides is 3. The lowest BCUT2D eigenvalue weighted by Gasteiger charge is -2.34. The summed E-state index contributed by atoms with van der Waals surface area (Å²) in [4.78, 5) is 18.8. The highest BCUT2D eigenvalue weighted by molar-refractivity contribution is 5.87. The SMILES string of the molecule is C=CC(=O)N1CCN(c2ccc(C(F)(F)F)cn2)CC1. The van der Waals surface area contributed by atoms with Crippen molar-refractivity contribution < 1.29 is 18.0 Å². The molecule has 0 N–H and O–H groups in total. The largest absolute Gasteiger partial charge is 0.417 e. The van der Waals surface area contributed by atoms with Crippen LogP contribution in [0.4, 0.5) is 19.0 Å². The molecular formula is C13H14F3N3O. The second-order valence-electron chi connectivity index (χ2n) is 4.42. The Balaban J connectivity index is 2.00. The molecule has 108 valence electrons. The predicted molar refractivity (Wildman–Crippen MR) is 68.2 cm³/mol. The summed E-state index contributed by atoms with van der Waals surface area (Å²) >= 11 is 0. The Kier molecular flexibility index (Phi) is 3.96. The van der Waals surface area contributed by atoms with E-state index in [0.717, 1.165) is 12.3 Å². The van der Waals surface area contributed by atoms with Crippen molar-refractivity contribution in [3.8, 4) is 0 Å². The molecule has 1 aromatic heterocycles. The minimum absolute atomic E-state index is 0.134. The number of anilines is 1. The summed E-state index contributed by atoms with van der Waals surface area (Å²) < 4.78 is 37.3. The van der Waals surface area contributed by atoms with E-state index < -0.39 is 11.7 Å². The van der Waals surface area contributed by atoms with Gasteiger partial charge in [0.2, 0.25) is 5.91 Å². The summed E-state index contributed by atoms with van der Waals surface area (Å²) in [5, 5.41) is 0. The molecule has 20 heavy (non-hydrogen) atoms. The number of amides is 1. The average Bonchev–Trinajstić information content (AvgIpc) is 2.46. The van der Waals surface area contributed by atoms with Crippen molar-refractivity contribution in [1.82, 2.24) is 9.88 Å². The first-order valence-corrected chi connectivity index (χ1v) is 6.11. The van der Waals surface area contributed by atoms with Crippen molar-refractivity contribution >= 4 is 11.7 Å². The fraction of sp³-hybridized carbons (Fsp3) is 0.385. The van der Waals surface area contributed by atoms with Gasteiger partial charge in [-0.05, 0) is 18.2 Å². The second-order valence-corrected chi connectivity index (χ2v) is 4.42. The van der Waals surface area contributed by atoms with Crippen LogP contribution in [0.5, 0.6) is 0 Å². The molecule has 0 aliphatic carbocycles. The van der Waals surface area contributed by atoms with Crippen molar-refractivity contribution in [2.24, 2.45) is 0 Å². The molecule has 1 amide bonds. The van der Waals surface area contributed by atoms with Gasteiger partial charge in [0.05, 0.1) is 5.56 Å². The van der Waals surface area contributed by atoms with Gasteiger partial charge in [-0.3, -0.25) is 4.79 Å². The highest BCUT2D eigenvalue weighted by atomic mass is 19.4. The van der Waals surface area contributed by atoms with E-state index in [4.69, 9.17) is 0 Å². The van der Waals surface area contributed by atoms with Crippen molar-refractivity contribution in [2.75, 3.05) is 31.1 Å². The Hall–Kier alpha value is -2.05. The molecule has 0 aromatic carbocycles. The molecule has 7 heteroatoms. The Bertz CT molecular complexity index is 491. The lowest BCUT2D eigenvalue weighted by atomic mass is 10.2. The molecule has 1 aliphatic heterocycles. The number of pyridine rings is 1. The van der Waals surface area contributed by atoms with Crippen LogP contribution < -0.4 is 4.90 Å². The van der Waals surface area contributed by atoms with Crippen LogP contribution in [0, 0.1) is 0 Å². The normalized spacial score (nSPS) is 16.1. The van der Waals surface area contributed by atoms with Gasteiger partial charge < -0.3 is 9.80 Å². The molecule has 0 radical (unpaired) electrons. The number of nitrogens with zero attached hydrogens (tertiary/aromatic N) is 3.